The molecule has 9 heteroatoms. The highest BCUT2D eigenvalue weighted by molar-refractivity contribution is 5.96. The highest BCUT2D eigenvalue weighted by Crippen LogP contribution is 2.32. The summed E-state index contributed by atoms with van der Waals surface area (Å²) in [5.41, 5.74) is 1.84. The zero-order valence-corrected chi connectivity index (χ0v) is 19.3. The molecule has 0 spiro atoms. The molecule has 0 atom stereocenters. The second kappa shape index (κ2) is 9.89. The molecule has 0 aliphatic carbocycles. The number of hydrogen-bond acceptors (Lipinski definition) is 6. The predicted molar refractivity (Wildman–Crippen MR) is 126 cm³/mol. The summed E-state index contributed by atoms with van der Waals surface area (Å²) in [6.07, 6.45) is 0. The lowest BCUT2D eigenvalue weighted by atomic mass is 10.2. The van der Waals surface area contributed by atoms with Crippen LogP contribution in [0.4, 0.5) is 16.2 Å². The topological polar surface area (TPSA) is 74.8 Å². The van der Waals surface area contributed by atoms with Crippen LogP contribution in [0, 0.1) is 0 Å². The smallest absolute Gasteiger partial charge is 0.325 e. The van der Waals surface area contributed by atoms with Gasteiger partial charge in [0.25, 0.3) is 0 Å². The number of benzene rings is 2. The largest absolute Gasteiger partial charge is 0.497 e. The van der Waals surface area contributed by atoms with Gasteiger partial charge in [0.2, 0.25) is 5.91 Å². The fraction of sp³-hybridized carbons (Fsp3) is 0.417. The molecule has 2 fully saturated rings. The van der Waals surface area contributed by atoms with Gasteiger partial charge in [-0.1, -0.05) is 0 Å². The Hall–Kier alpha value is -3.62. The molecule has 9 nitrogen and oxygen atoms in total. The summed E-state index contributed by atoms with van der Waals surface area (Å²) in [5.74, 6) is 1.97. The van der Waals surface area contributed by atoms with Gasteiger partial charge in [-0.3, -0.25) is 9.69 Å². The van der Waals surface area contributed by atoms with Gasteiger partial charge in [-0.15, -0.1) is 0 Å². The zero-order valence-electron chi connectivity index (χ0n) is 19.3. The molecule has 2 aromatic rings. The van der Waals surface area contributed by atoms with Crippen LogP contribution in [0.2, 0.25) is 0 Å². The third-order valence-corrected chi connectivity index (χ3v) is 6.17. The van der Waals surface area contributed by atoms with E-state index in [-0.39, 0.29) is 18.5 Å². The van der Waals surface area contributed by atoms with E-state index in [1.165, 1.54) is 0 Å². The molecule has 0 radical (unpaired) electrons. The lowest BCUT2D eigenvalue weighted by Crippen LogP contribution is -2.51. The maximum absolute atomic E-state index is 13.0. The fourth-order valence-electron chi connectivity index (χ4n) is 4.23. The lowest BCUT2D eigenvalue weighted by Gasteiger charge is -2.36. The van der Waals surface area contributed by atoms with Crippen LogP contribution < -0.4 is 24.0 Å². The molecule has 3 amide bonds. The molecule has 0 aromatic heterocycles. The van der Waals surface area contributed by atoms with Gasteiger partial charge in [0, 0.05) is 56.7 Å². The first-order valence-corrected chi connectivity index (χ1v) is 11.0. The van der Waals surface area contributed by atoms with Gasteiger partial charge in [0.15, 0.2) is 11.5 Å². The van der Waals surface area contributed by atoms with Crippen molar-refractivity contribution in [1.29, 1.82) is 0 Å². The van der Waals surface area contributed by atoms with Crippen molar-refractivity contribution in [2.45, 2.75) is 0 Å². The van der Waals surface area contributed by atoms with Gasteiger partial charge < -0.3 is 28.9 Å². The summed E-state index contributed by atoms with van der Waals surface area (Å²) < 4.78 is 15.8. The standard InChI is InChI=1S/C24H30N4O5/c1-31-20-7-4-18(5-8-20)25-10-12-26(13-11-25)23(29)17-27-14-15-28(24(27)30)19-6-9-21(32-2)22(16-19)33-3/h4-9,16H,10-15,17H2,1-3H3. The molecule has 0 unspecified atom stereocenters. The van der Waals surface area contributed by atoms with Crippen LogP contribution >= 0.6 is 0 Å². The highest BCUT2D eigenvalue weighted by Gasteiger charge is 2.33. The minimum atomic E-state index is -0.174. The SMILES string of the molecule is COc1ccc(N2CCN(C(=O)CN3CCN(c4ccc(OC)c(OC)c4)C3=O)CC2)cc1. The molecule has 2 aliphatic rings. The number of amides is 3. The summed E-state index contributed by atoms with van der Waals surface area (Å²) in [4.78, 5) is 33.2. The number of urea groups is 1. The summed E-state index contributed by atoms with van der Waals surface area (Å²) in [5, 5.41) is 0. The van der Waals surface area contributed by atoms with Crippen molar-refractivity contribution in [3.8, 4) is 17.2 Å². The molecule has 176 valence electrons. The summed E-state index contributed by atoms with van der Waals surface area (Å²) >= 11 is 0. The van der Waals surface area contributed by atoms with Crippen LogP contribution in [-0.2, 0) is 4.79 Å². The van der Waals surface area contributed by atoms with Crippen molar-refractivity contribution >= 4 is 23.3 Å². The molecular formula is C24H30N4O5. The normalized spacial score (nSPS) is 16.3. The van der Waals surface area contributed by atoms with Crippen molar-refractivity contribution in [3.63, 3.8) is 0 Å². The molecule has 2 aliphatic heterocycles. The molecule has 4 rings (SSSR count). The molecule has 33 heavy (non-hydrogen) atoms. The van der Waals surface area contributed by atoms with E-state index in [0.29, 0.717) is 37.7 Å². The molecule has 0 N–H and O–H groups in total. The Morgan fingerprint density at radius 3 is 2.09 bits per heavy atom. The van der Waals surface area contributed by atoms with E-state index in [0.717, 1.165) is 30.2 Å². The number of nitrogens with zero attached hydrogens (tertiary/aromatic N) is 4. The number of carbonyl (C=O) groups is 2. The van der Waals surface area contributed by atoms with E-state index in [2.05, 4.69) is 4.90 Å². The number of methoxy groups -OCH3 is 3. The van der Waals surface area contributed by atoms with Crippen molar-refractivity contribution in [3.05, 3.63) is 42.5 Å². The molecular weight excluding hydrogens is 424 g/mol. The Balaban J connectivity index is 1.31. The second-order valence-corrected chi connectivity index (χ2v) is 7.96. The van der Waals surface area contributed by atoms with E-state index in [1.54, 1.807) is 43.3 Å². The van der Waals surface area contributed by atoms with Gasteiger partial charge in [-0.2, -0.15) is 0 Å². The lowest BCUT2D eigenvalue weighted by molar-refractivity contribution is -0.131. The van der Waals surface area contributed by atoms with E-state index in [1.807, 2.05) is 35.2 Å². The Morgan fingerprint density at radius 2 is 1.45 bits per heavy atom. The number of hydrogen-bond donors (Lipinski definition) is 0. The maximum atomic E-state index is 13.0. The van der Waals surface area contributed by atoms with Crippen molar-refractivity contribution in [1.82, 2.24) is 9.80 Å². The predicted octanol–water partition coefficient (Wildman–Crippen LogP) is 2.30. The van der Waals surface area contributed by atoms with Crippen LogP contribution in [0.5, 0.6) is 17.2 Å². The average molecular weight is 455 g/mol. The maximum Gasteiger partial charge on any atom is 0.325 e. The zero-order chi connectivity index (χ0) is 23.4. The molecule has 0 saturated carbocycles. The van der Waals surface area contributed by atoms with E-state index in [9.17, 15) is 9.59 Å². The average Bonchev–Trinajstić information content (AvgIpc) is 3.23. The fourth-order valence-corrected chi connectivity index (χ4v) is 4.23. The Bertz CT molecular complexity index is 989. The van der Waals surface area contributed by atoms with Crippen LogP contribution in [0.1, 0.15) is 0 Å². The van der Waals surface area contributed by atoms with E-state index < -0.39 is 0 Å². The molecule has 2 aromatic carbocycles. The molecule has 0 bridgehead atoms. The molecule has 2 saturated heterocycles. The first-order valence-electron chi connectivity index (χ1n) is 11.0. The van der Waals surface area contributed by atoms with Gasteiger partial charge in [0.05, 0.1) is 21.3 Å². The number of rotatable bonds is 7. The number of piperazine rings is 1. The first kappa shape index (κ1) is 22.6. The quantitative estimate of drug-likeness (QED) is 0.639. The number of ether oxygens (including phenoxy) is 3. The van der Waals surface area contributed by atoms with Crippen LogP contribution in [0.3, 0.4) is 0 Å². The van der Waals surface area contributed by atoms with Crippen molar-refractivity contribution in [2.24, 2.45) is 0 Å². The summed E-state index contributed by atoms with van der Waals surface area (Å²) in [6, 6.07) is 13.1. The van der Waals surface area contributed by atoms with Gasteiger partial charge >= 0.3 is 6.03 Å². The minimum absolute atomic E-state index is 0.0214. The van der Waals surface area contributed by atoms with Gasteiger partial charge in [0.1, 0.15) is 12.3 Å². The second-order valence-electron chi connectivity index (χ2n) is 7.96. The van der Waals surface area contributed by atoms with Crippen LogP contribution in [-0.4, -0.2) is 88.9 Å². The third-order valence-electron chi connectivity index (χ3n) is 6.17. The third kappa shape index (κ3) is 4.76. The first-order chi connectivity index (χ1) is 16.0. The highest BCUT2D eigenvalue weighted by atomic mass is 16.5. The van der Waals surface area contributed by atoms with Crippen LogP contribution in [0.25, 0.3) is 0 Å². The summed E-state index contributed by atoms with van der Waals surface area (Å²) in [6.45, 7) is 3.88. The minimum Gasteiger partial charge on any atom is -0.497 e. The molecule has 2 heterocycles. The van der Waals surface area contributed by atoms with Crippen molar-refractivity contribution in [2.75, 3.05) is 76.9 Å². The van der Waals surface area contributed by atoms with E-state index >= 15 is 0 Å². The Labute approximate surface area is 194 Å². The monoisotopic (exact) mass is 454 g/mol. The van der Waals surface area contributed by atoms with E-state index in [4.69, 9.17) is 14.2 Å². The number of anilines is 2. The Kier molecular flexibility index (Phi) is 6.76. The number of carbonyl (C=O) groups excluding carboxylic acids is 2. The Morgan fingerprint density at radius 1 is 0.788 bits per heavy atom. The van der Waals surface area contributed by atoms with Crippen LogP contribution in [0.15, 0.2) is 42.5 Å². The van der Waals surface area contributed by atoms with Gasteiger partial charge in [-0.25, -0.2) is 4.79 Å². The summed E-state index contributed by atoms with van der Waals surface area (Å²) in [7, 11) is 4.78. The van der Waals surface area contributed by atoms with Crippen molar-refractivity contribution < 1.29 is 23.8 Å². The van der Waals surface area contributed by atoms with Gasteiger partial charge in [-0.05, 0) is 36.4 Å².